The second-order valence-electron chi connectivity index (χ2n) is 12.1. The molecule has 174 valence electrons. The van der Waals surface area contributed by atoms with E-state index in [-0.39, 0.29) is 29.0 Å². The Morgan fingerprint density at radius 2 is 1.90 bits per heavy atom. The molecule has 0 amide bonds. The SMILES string of the molecule is CC(C)CCCC(C)(O)[C@H]1[C@@H](O)C[C@H]2[C@@H]3CCC4=CC(=O)C=C[C@]4(C)[C@H]3C[C@@H](O)[C@]12C. The molecule has 4 rings (SSSR count). The number of rotatable bonds is 5. The Hall–Kier alpha value is -0.970. The summed E-state index contributed by atoms with van der Waals surface area (Å²) in [5.41, 5.74) is -0.477. The lowest BCUT2D eigenvalue weighted by Gasteiger charge is -2.59. The van der Waals surface area contributed by atoms with Crippen molar-refractivity contribution < 1.29 is 20.1 Å². The molecule has 0 heterocycles. The first-order valence-electron chi connectivity index (χ1n) is 12.4. The van der Waals surface area contributed by atoms with Crippen LogP contribution < -0.4 is 0 Å². The molecule has 4 aliphatic carbocycles. The molecular weight excluding hydrogens is 388 g/mol. The van der Waals surface area contributed by atoms with Gasteiger partial charge in [0.05, 0.1) is 17.8 Å². The molecule has 0 saturated heterocycles. The van der Waals surface area contributed by atoms with Gasteiger partial charge in [0.1, 0.15) is 0 Å². The highest BCUT2D eigenvalue weighted by Gasteiger charge is 2.67. The first-order valence-corrected chi connectivity index (χ1v) is 12.4. The molecule has 3 N–H and O–H groups in total. The molecule has 3 saturated carbocycles. The largest absolute Gasteiger partial charge is 0.393 e. The molecule has 0 aliphatic heterocycles. The van der Waals surface area contributed by atoms with E-state index in [1.807, 2.05) is 13.0 Å². The zero-order chi connectivity index (χ0) is 22.8. The van der Waals surface area contributed by atoms with Gasteiger partial charge in [-0.2, -0.15) is 0 Å². The third-order valence-corrected chi connectivity index (χ3v) is 9.83. The van der Waals surface area contributed by atoms with Crippen LogP contribution in [0.4, 0.5) is 0 Å². The topological polar surface area (TPSA) is 77.8 Å². The summed E-state index contributed by atoms with van der Waals surface area (Å²) >= 11 is 0. The lowest BCUT2D eigenvalue weighted by Crippen LogP contribution is -2.59. The molecule has 4 nitrogen and oxygen atoms in total. The molecule has 0 aromatic heterocycles. The summed E-state index contributed by atoms with van der Waals surface area (Å²) in [6, 6.07) is 0. The first kappa shape index (κ1) is 23.2. The van der Waals surface area contributed by atoms with E-state index in [2.05, 4.69) is 33.8 Å². The van der Waals surface area contributed by atoms with E-state index < -0.39 is 23.2 Å². The van der Waals surface area contributed by atoms with E-state index in [4.69, 9.17) is 0 Å². The summed E-state index contributed by atoms with van der Waals surface area (Å²) < 4.78 is 0. The lowest BCUT2D eigenvalue weighted by molar-refractivity contribution is -0.172. The van der Waals surface area contributed by atoms with Crippen molar-refractivity contribution >= 4 is 5.78 Å². The average Bonchev–Trinajstić information content (AvgIpc) is 2.95. The number of fused-ring (bicyclic) bond motifs is 5. The maximum absolute atomic E-state index is 12.0. The average molecular weight is 431 g/mol. The van der Waals surface area contributed by atoms with Crippen molar-refractivity contribution in [2.45, 2.75) is 97.4 Å². The van der Waals surface area contributed by atoms with Crippen molar-refractivity contribution in [3.63, 3.8) is 0 Å². The Bertz CT molecular complexity index is 780. The summed E-state index contributed by atoms with van der Waals surface area (Å²) in [7, 11) is 0. The maximum Gasteiger partial charge on any atom is 0.178 e. The van der Waals surface area contributed by atoms with E-state index in [0.29, 0.717) is 31.1 Å². The molecular formula is C27H42O4. The van der Waals surface area contributed by atoms with Crippen molar-refractivity contribution in [2.24, 2.45) is 40.4 Å². The molecule has 0 spiro atoms. The van der Waals surface area contributed by atoms with Crippen LogP contribution in [0.3, 0.4) is 0 Å². The van der Waals surface area contributed by atoms with E-state index in [1.54, 1.807) is 6.08 Å². The van der Waals surface area contributed by atoms with Gasteiger partial charge in [0.15, 0.2) is 5.78 Å². The Morgan fingerprint density at radius 3 is 2.58 bits per heavy atom. The van der Waals surface area contributed by atoms with Crippen LogP contribution in [0.5, 0.6) is 0 Å². The van der Waals surface area contributed by atoms with Crippen LogP contribution in [-0.4, -0.2) is 38.9 Å². The van der Waals surface area contributed by atoms with Crippen LogP contribution in [0.1, 0.15) is 79.6 Å². The van der Waals surface area contributed by atoms with Gasteiger partial charge in [-0.25, -0.2) is 0 Å². The molecule has 4 heteroatoms. The second kappa shape index (κ2) is 7.81. The highest BCUT2D eigenvalue weighted by Crippen LogP contribution is 2.67. The summed E-state index contributed by atoms with van der Waals surface area (Å²) in [4.78, 5) is 12.0. The highest BCUT2D eigenvalue weighted by atomic mass is 16.3. The zero-order valence-corrected chi connectivity index (χ0v) is 20.0. The number of aliphatic hydroxyl groups excluding tert-OH is 2. The fourth-order valence-corrected chi connectivity index (χ4v) is 8.30. The first-order chi connectivity index (χ1) is 14.4. The number of carbonyl (C=O) groups excluding carboxylic acids is 1. The fourth-order valence-electron chi connectivity index (χ4n) is 8.30. The molecule has 9 atom stereocenters. The van der Waals surface area contributed by atoms with Crippen LogP contribution >= 0.6 is 0 Å². The van der Waals surface area contributed by atoms with Gasteiger partial charge in [0, 0.05) is 16.7 Å². The van der Waals surface area contributed by atoms with Gasteiger partial charge in [-0.3, -0.25) is 4.79 Å². The minimum absolute atomic E-state index is 0.0703. The quantitative estimate of drug-likeness (QED) is 0.603. The maximum atomic E-state index is 12.0. The van der Waals surface area contributed by atoms with Crippen molar-refractivity contribution in [2.75, 3.05) is 0 Å². The lowest BCUT2D eigenvalue weighted by atomic mass is 9.46. The normalized spacial score (nSPS) is 46.2. The van der Waals surface area contributed by atoms with Crippen LogP contribution in [0.2, 0.25) is 0 Å². The molecule has 0 aromatic rings. The Balaban J connectivity index is 1.63. The van der Waals surface area contributed by atoms with Crippen molar-refractivity contribution in [1.29, 1.82) is 0 Å². The molecule has 0 aromatic carbocycles. The summed E-state index contributed by atoms with van der Waals surface area (Å²) in [5, 5.41) is 34.3. The van der Waals surface area contributed by atoms with Gasteiger partial charge in [-0.15, -0.1) is 0 Å². The molecule has 0 radical (unpaired) electrons. The van der Waals surface area contributed by atoms with Crippen LogP contribution in [0.25, 0.3) is 0 Å². The van der Waals surface area contributed by atoms with Gasteiger partial charge >= 0.3 is 0 Å². The summed E-state index contributed by atoms with van der Waals surface area (Å²) in [5.74, 6) is 1.18. The van der Waals surface area contributed by atoms with Crippen LogP contribution in [0.15, 0.2) is 23.8 Å². The number of aliphatic hydroxyl groups is 3. The molecule has 1 unspecified atom stereocenters. The highest BCUT2D eigenvalue weighted by molar-refractivity contribution is 6.01. The van der Waals surface area contributed by atoms with E-state index in [0.717, 1.165) is 25.7 Å². The Kier molecular flexibility index (Phi) is 5.85. The number of hydrogen-bond acceptors (Lipinski definition) is 4. The Morgan fingerprint density at radius 1 is 1.19 bits per heavy atom. The predicted molar refractivity (Wildman–Crippen MR) is 122 cm³/mol. The number of ketones is 1. The molecule has 4 aliphatic rings. The number of hydrogen-bond donors (Lipinski definition) is 3. The third kappa shape index (κ3) is 3.57. The number of carbonyl (C=O) groups is 1. The van der Waals surface area contributed by atoms with Crippen LogP contribution in [-0.2, 0) is 4.79 Å². The molecule has 31 heavy (non-hydrogen) atoms. The van der Waals surface area contributed by atoms with E-state index in [1.165, 1.54) is 5.57 Å². The van der Waals surface area contributed by atoms with Gasteiger partial charge in [-0.05, 0) is 74.9 Å². The van der Waals surface area contributed by atoms with Crippen molar-refractivity contribution in [3.8, 4) is 0 Å². The standard InChI is InChI=1S/C27H42O4/c1-16(2)7-6-11-26(4,31)24-22(29)14-21-19-9-8-17-13-18(28)10-12-25(17,3)20(19)15-23(30)27(21,24)5/h10,12-13,16,19-24,29-31H,6-9,11,14-15H2,1-5H3/t19-,20+,21+,22+,23-,24-,25+,26?,27-/m1/s1. The van der Waals surface area contributed by atoms with Crippen molar-refractivity contribution in [3.05, 3.63) is 23.8 Å². The third-order valence-electron chi connectivity index (χ3n) is 9.83. The van der Waals surface area contributed by atoms with Gasteiger partial charge < -0.3 is 15.3 Å². The summed E-state index contributed by atoms with van der Waals surface area (Å²) in [6.45, 7) is 10.6. The van der Waals surface area contributed by atoms with E-state index >= 15 is 0 Å². The van der Waals surface area contributed by atoms with Gasteiger partial charge in [0.25, 0.3) is 0 Å². The van der Waals surface area contributed by atoms with Crippen molar-refractivity contribution in [1.82, 2.24) is 0 Å². The predicted octanol–water partition coefficient (Wildman–Crippen LogP) is 4.43. The second-order valence-corrected chi connectivity index (χ2v) is 12.1. The fraction of sp³-hybridized carbons (Fsp3) is 0.815. The summed E-state index contributed by atoms with van der Waals surface area (Å²) in [6.07, 6.45) is 10.3. The monoisotopic (exact) mass is 430 g/mol. The number of allylic oxidation sites excluding steroid dienone is 4. The minimum Gasteiger partial charge on any atom is -0.393 e. The van der Waals surface area contributed by atoms with Gasteiger partial charge in [0.2, 0.25) is 0 Å². The van der Waals surface area contributed by atoms with Gasteiger partial charge in [-0.1, -0.05) is 52.2 Å². The van der Waals surface area contributed by atoms with E-state index in [9.17, 15) is 20.1 Å². The van der Waals surface area contributed by atoms with Crippen LogP contribution in [0, 0.1) is 40.4 Å². The Labute approximate surface area is 187 Å². The molecule has 3 fully saturated rings. The smallest absolute Gasteiger partial charge is 0.178 e. The molecule has 0 bridgehead atoms. The zero-order valence-electron chi connectivity index (χ0n) is 20.0. The minimum atomic E-state index is -0.994.